The Kier molecular flexibility index (Phi) is 5.16. The molecule has 0 aliphatic carbocycles. The smallest absolute Gasteiger partial charge is 0.306 e. The van der Waals surface area contributed by atoms with E-state index in [0.29, 0.717) is 31.6 Å². The fourth-order valence-electron chi connectivity index (χ4n) is 2.31. The second-order valence-electron chi connectivity index (χ2n) is 5.01. The molecule has 0 radical (unpaired) electrons. The summed E-state index contributed by atoms with van der Waals surface area (Å²) in [5, 5.41) is 9.24. The van der Waals surface area contributed by atoms with Crippen LogP contribution < -0.4 is 0 Å². The average molecular weight is 292 g/mol. The number of piperazine rings is 1. The number of rotatable bonds is 4. The van der Waals surface area contributed by atoms with Gasteiger partial charge in [-0.15, -0.1) is 0 Å². The number of nitrogens with zero attached hydrogens (tertiary/aromatic N) is 2. The lowest BCUT2D eigenvalue weighted by atomic mass is 10.1. The Hall–Kier alpha value is -2.08. The molecule has 1 fully saturated rings. The Morgan fingerprint density at radius 3 is 2.33 bits per heavy atom. The predicted molar refractivity (Wildman–Crippen MR) is 77.1 cm³/mol. The second kappa shape index (κ2) is 7.08. The third-order valence-corrected chi connectivity index (χ3v) is 3.63. The lowest BCUT2D eigenvalue weighted by molar-refractivity contribution is -0.141. The summed E-state index contributed by atoms with van der Waals surface area (Å²) in [6.45, 7) is 3.44. The van der Waals surface area contributed by atoms with E-state index >= 15 is 0 Å². The summed E-state index contributed by atoms with van der Waals surface area (Å²) in [6, 6.07) is 6.28. The van der Waals surface area contributed by atoms with Gasteiger partial charge in [-0.05, 0) is 24.3 Å². The number of phenols is 1. The van der Waals surface area contributed by atoms with Crippen molar-refractivity contribution in [3.8, 4) is 5.75 Å². The lowest BCUT2D eigenvalue weighted by Gasteiger charge is -2.34. The zero-order valence-corrected chi connectivity index (χ0v) is 12.1. The van der Waals surface area contributed by atoms with E-state index in [0.717, 1.165) is 13.1 Å². The van der Waals surface area contributed by atoms with Gasteiger partial charge in [-0.3, -0.25) is 14.5 Å². The van der Waals surface area contributed by atoms with Crippen molar-refractivity contribution in [2.45, 2.75) is 6.42 Å². The Morgan fingerprint density at radius 2 is 1.76 bits per heavy atom. The van der Waals surface area contributed by atoms with Gasteiger partial charge >= 0.3 is 5.97 Å². The minimum absolute atomic E-state index is 0.0254. The van der Waals surface area contributed by atoms with E-state index in [1.165, 1.54) is 19.2 Å². The highest BCUT2D eigenvalue weighted by Crippen LogP contribution is 2.13. The number of amides is 1. The number of benzene rings is 1. The summed E-state index contributed by atoms with van der Waals surface area (Å²) >= 11 is 0. The molecule has 21 heavy (non-hydrogen) atoms. The van der Waals surface area contributed by atoms with E-state index < -0.39 is 0 Å². The van der Waals surface area contributed by atoms with E-state index in [1.807, 2.05) is 0 Å². The van der Waals surface area contributed by atoms with Crippen molar-refractivity contribution in [1.29, 1.82) is 0 Å². The largest absolute Gasteiger partial charge is 0.508 e. The standard InChI is InChI=1S/C15H20N2O4/c1-21-14(19)6-7-16-8-10-17(11-9-16)15(20)12-2-4-13(18)5-3-12/h2-5,18H,6-11H2,1H3. The van der Waals surface area contributed by atoms with Crippen LogP contribution in [0, 0.1) is 0 Å². The SMILES string of the molecule is COC(=O)CCN1CCN(C(=O)c2ccc(O)cc2)CC1. The Bertz CT molecular complexity index is 493. The van der Waals surface area contributed by atoms with E-state index in [2.05, 4.69) is 9.64 Å². The Morgan fingerprint density at radius 1 is 1.14 bits per heavy atom. The van der Waals surface area contributed by atoms with Gasteiger partial charge in [-0.1, -0.05) is 0 Å². The molecular formula is C15H20N2O4. The number of methoxy groups -OCH3 is 1. The Labute approximate surface area is 123 Å². The van der Waals surface area contributed by atoms with Crippen LogP contribution in [-0.4, -0.2) is 66.6 Å². The van der Waals surface area contributed by atoms with Crippen molar-refractivity contribution >= 4 is 11.9 Å². The molecule has 1 N–H and O–H groups in total. The number of esters is 1. The van der Waals surface area contributed by atoms with Crippen molar-refractivity contribution in [1.82, 2.24) is 9.80 Å². The highest BCUT2D eigenvalue weighted by Gasteiger charge is 2.22. The first-order chi connectivity index (χ1) is 10.1. The number of hydrogen-bond acceptors (Lipinski definition) is 5. The first-order valence-electron chi connectivity index (χ1n) is 6.97. The van der Waals surface area contributed by atoms with Crippen LogP contribution in [0.3, 0.4) is 0 Å². The molecule has 0 spiro atoms. The van der Waals surface area contributed by atoms with Gasteiger partial charge in [-0.25, -0.2) is 0 Å². The number of carbonyl (C=O) groups excluding carboxylic acids is 2. The fraction of sp³-hybridized carbons (Fsp3) is 0.467. The van der Waals surface area contributed by atoms with Gasteiger partial charge in [0.2, 0.25) is 0 Å². The molecule has 1 aliphatic rings. The summed E-state index contributed by atoms with van der Waals surface area (Å²) in [4.78, 5) is 27.3. The van der Waals surface area contributed by atoms with E-state index in [4.69, 9.17) is 0 Å². The number of hydrogen-bond donors (Lipinski definition) is 1. The normalized spacial score (nSPS) is 15.8. The topological polar surface area (TPSA) is 70.1 Å². The lowest BCUT2D eigenvalue weighted by Crippen LogP contribution is -2.49. The summed E-state index contributed by atoms with van der Waals surface area (Å²) in [6.07, 6.45) is 0.377. The zero-order valence-electron chi connectivity index (χ0n) is 12.1. The van der Waals surface area contributed by atoms with Crippen LogP contribution in [0.2, 0.25) is 0 Å². The maximum absolute atomic E-state index is 12.3. The highest BCUT2D eigenvalue weighted by molar-refractivity contribution is 5.94. The Balaban J connectivity index is 1.82. The minimum Gasteiger partial charge on any atom is -0.508 e. The predicted octanol–water partition coefficient (Wildman–Crippen LogP) is 0.713. The summed E-state index contributed by atoms with van der Waals surface area (Å²) in [7, 11) is 1.39. The maximum atomic E-state index is 12.3. The molecule has 1 heterocycles. The molecule has 114 valence electrons. The molecule has 6 nitrogen and oxygen atoms in total. The first-order valence-corrected chi connectivity index (χ1v) is 6.97. The van der Waals surface area contributed by atoms with Crippen LogP contribution in [0.4, 0.5) is 0 Å². The average Bonchev–Trinajstić information content (AvgIpc) is 2.53. The van der Waals surface area contributed by atoms with Gasteiger partial charge in [0.1, 0.15) is 5.75 Å². The summed E-state index contributed by atoms with van der Waals surface area (Å²) in [5.74, 6) is -0.0839. The first kappa shape index (κ1) is 15.3. The molecule has 0 bridgehead atoms. The number of phenolic OH excluding ortho intramolecular Hbond substituents is 1. The van der Waals surface area contributed by atoms with Crippen LogP contribution in [0.25, 0.3) is 0 Å². The minimum atomic E-state index is -0.211. The molecule has 0 atom stereocenters. The molecule has 1 saturated heterocycles. The zero-order chi connectivity index (χ0) is 15.2. The molecule has 1 amide bonds. The van der Waals surface area contributed by atoms with Crippen LogP contribution in [-0.2, 0) is 9.53 Å². The fourth-order valence-corrected chi connectivity index (χ4v) is 2.31. The number of carbonyl (C=O) groups is 2. The number of ether oxygens (including phenoxy) is 1. The van der Waals surface area contributed by atoms with Gasteiger partial charge in [0.05, 0.1) is 13.5 Å². The van der Waals surface area contributed by atoms with Crippen molar-refractivity contribution in [2.75, 3.05) is 39.8 Å². The molecule has 6 heteroatoms. The summed E-state index contributed by atoms with van der Waals surface area (Å²) < 4.78 is 4.62. The third-order valence-electron chi connectivity index (χ3n) is 3.63. The molecule has 2 rings (SSSR count). The molecule has 0 aromatic heterocycles. The quantitative estimate of drug-likeness (QED) is 0.828. The van der Waals surface area contributed by atoms with E-state index in [1.54, 1.807) is 17.0 Å². The number of aromatic hydroxyl groups is 1. The van der Waals surface area contributed by atoms with Crippen molar-refractivity contribution in [3.05, 3.63) is 29.8 Å². The molecule has 1 aromatic carbocycles. The highest BCUT2D eigenvalue weighted by atomic mass is 16.5. The van der Waals surface area contributed by atoms with Gasteiger partial charge in [0, 0.05) is 38.3 Å². The molecule has 0 unspecified atom stereocenters. The molecular weight excluding hydrogens is 272 g/mol. The van der Waals surface area contributed by atoms with Crippen LogP contribution in [0.1, 0.15) is 16.8 Å². The van der Waals surface area contributed by atoms with Gasteiger partial charge in [0.25, 0.3) is 5.91 Å². The van der Waals surface area contributed by atoms with Crippen LogP contribution in [0.5, 0.6) is 5.75 Å². The van der Waals surface area contributed by atoms with Gasteiger partial charge in [-0.2, -0.15) is 0 Å². The second-order valence-corrected chi connectivity index (χ2v) is 5.01. The van der Waals surface area contributed by atoms with Gasteiger partial charge < -0.3 is 14.7 Å². The molecule has 1 aliphatic heterocycles. The van der Waals surface area contributed by atoms with Crippen molar-refractivity contribution < 1.29 is 19.4 Å². The molecule has 1 aromatic rings. The van der Waals surface area contributed by atoms with Crippen molar-refractivity contribution in [3.63, 3.8) is 0 Å². The van der Waals surface area contributed by atoms with E-state index in [-0.39, 0.29) is 17.6 Å². The van der Waals surface area contributed by atoms with Crippen molar-refractivity contribution in [2.24, 2.45) is 0 Å². The van der Waals surface area contributed by atoms with Gasteiger partial charge in [0.15, 0.2) is 0 Å². The third kappa shape index (κ3) is 4.19. The van der Waals surface area contributed by atoms with Crippen LogP contribution >= 0.6 is 0 Å². The van der Waals surface area contributed by atoms with Crippen LogP contribution in [0.15, 0.2) is 24.3 Å². The summed E-state index contributed by atoms with van der Waals surface area (Å²) in [5.41, 5.74) is 0.579. The van der Waals surface area contributed by atoms with E-state index in [9.17, 15) is 14.7 Å². The maximum Gasteiger partial charge on any atom is 0.306 e. The molecule has 0 saturated carbocycles. The monoisotopic (exact) mass is 292 g/mol.